The first-order valence-electron chi connectivity index (χ1n) is 6.96. The van der Waals surface area contributed by atoms with E-state index in [2.05, 4.69) is 5.32 Å². The summed E-state index contributed by atoms with van der Waals surface area (Å²) in [7, 11) is 1.48. The van der Waals surface area contributed by atoms with E-state index in [-0.39, 0.29) is 17.5 Å². The third kappa shape index (κ3) is 3.90. The number of halogens is 1. The molecule has 106 valence electrons. The highest BCUT2D eigenvalue weighted by Gasteiger charge is 2.25. The molecule has 0 unspecified atom stereocenters. The average molecular weight is 267 g/mol. The fraction of sp³-hybridized carbons (Fsp3) is 0.667. The molecule has 2 aliphatic carbocycles. The van der Waals surface area contributed by atoms with Gasteiger partial charge in [-0.25, -0.2) is 4.39 Å². The van der Waals surface area contributed by atoms with Crippen LogP contribution in [0.4, 0.5) is 4.39 Å². The van der Waals surface area contributed by atoms with Crippen LogP contribution in [-0.2, 0) is 9.53 Å². The molecule has 1 N–H and O–H groups in total. The molecule has 19 heavy (non-hydrogen) atoms. The molecule has 2 rings (SSSR count). The maximum absolute atomic E-state index is 13.7. The van der Waals surface area contributed by atoms with Crippen LogP contribution in [0.1, 0.15) is 32.6 Å². The minimum absolute atomic E-state index is 0.100. The molecule has 1 saturated carbocycles. The van der Waals surface area contributed by atoms with Crippen LogP contribution in [0.15, 0.2) is 23.2 Å². The summed E-state index contributed by atoms with van der Waals surface area (Å²) in [5, 5.41) is 3.33. The maximum atomic E-state index is 13.7. The minimum Gasteiger partial charge on any atom is -0.498 e. The summed E-state index contributed by atoms with van der Waals surface area (Å²) in [5.41, 5.74) is 0.883. The summed E-state index contributed by atoms with van der Waals surface area (Å²) in [6.45, 7) is 3.17. The van der Waals surface area contributed by atoms with Crippen molar-refractivity contribution in [1.29, 1.82) is 0 Å². The van der Waals surface area contributed by atoms with Gasteiger partial charge in [0.2, 0.25) is 0 Å². The molecule has 0 saturated heterocycles. The van der Waals surface area contributed by atoms with E-state index in [1.807, 2.05) is 0 Å². The predicted molar refractivity (Wildman–Crippen MR) is 72.2 cm³/mol. The van der Waals surface area contributed by atoms with Crippen molar-refractivity contribution in [3.8, 4) is 0 Å². The molecule has 0 radical (unpaired) electrons. The van der Waals surface area contributed by atoms with Gasteiger partial charge in [0, 0.05) is 13.0 Å². The van der Waals surface area contributed by atoms with Gasteiger partial charge in [-0.3, -0.25) is 4.79 Å². The molecule has 1 fully saturated rings. The Hall–Kier alpha value is -1.16. The molecule has 0 spiro atoms. The van der Waals surface area contributed by atoms with E-state index in [1.165, 1.54) is 26.0 Å². The molecule has 1 atom stereocenters. The van der Waals surface area contributed by atoms with Crippen molar-refractivity contribution in [3.05, 3.63) is 23.2 Å². The number of rotatable bonds is 7. The molecule has 0 aromatic heterocycles. The number of nitrogens with one attached hydrogen (secondary N) is 1. The van der Waals surface area contributed by atoms with E-state index < -0.39 is 0 Å². The molecule has 0 aliphatic heterocycles. The molecule has 3 nitrogen and oxygen atoms in total. The highest BCUT2D eigenvalue weighted by atomic mass is 19.1. The number of ether oxygens (including phenoxy) is 1. The van der Waals surface area contributed by atoms with Crippen LogP contribution in [0, 0.1) is 11.8 Å². The van der Waals surface area contributed by atoms with E-state index in [9.17, 15) is 9.18 Å². The van der Waals surface area contributed by atoms with Gasteiger partial charge >= 0.3 is 0 Å². The molecule has 2 aliphatic rings. The second kappa shape index (κ2) is 6.33. The van der Waals surface area contributed by atoms with E-state index in [0.29, 0.717) is 25.1 Å². The SMILES string of the molecule is COC1=C(F)C=C([C@@H](CNCC2CC2)C(C)=O)CC1. The molecule has 0 aromatic rings. The normalized spacial score (nSPS) is 21.1. The quantitative estimate of drug-likeness (QED) is 0.771. The Balaban J connectivity index is 1.97. The monoisotopic (exact) mass is 267 g/mol. The first-order valence-corrected chi connectivity index (χ1v) is 6.96. The van der Waals surface area contributed by atoms with Gasteiger partial charge in [0.1, 0.15) is 11.5 Å². The van der Waals surface area contributed by atoms with Crippen molar-refractivity contribution in [2.45, 2.75) is 32.6 Å². The fourth-order valence-corrected chi connectivity index (χ4v) is 2.46. The van der Waals surface area contributed by atoms with Gasteiger partial charge < -0.3 is 10.1 Å². The first-order chi connectivity index (χ1) is 9.11. The van der Waals surface area contributed by atoms with Crippen LogP contribution in [-0.4, -0.2) is 26.0 Å². The Kier molecular flexibility index (Phi) is 4.75. The molecule has 0 bridgehead atoms. The van der Waals surface area contributed by atoms with Crippen molar-refractivity contribution in [2.24, 2.45) is 11.8 Å². The van der Waals surface area contributed by atoms with Gasteiger partial charge in [0.25, 0.3) is 0 Å². The Labute approximate surface area is 113 Å². The van der Waals surface area contributed by atoms with Gasteiger partial charge in [-0.1, -0.05) is 5.57 Å². The molecule has 0 heterocycles. The van der Waals surface area contributed by atoms with Crippen LogP contribution in [0.25, 0.3) is 0 Å². The van der Waals surface area contributed by atoms with Gasteiger partial charge in [-0.2, -0.15) is 0 Å². The molecule has 0 aromatic carbocycles. The molecular weight excluding hydrogens is 245 g/mol. The number of allylic oxidation sites excluding steroid dienone is 3. The minimum atomic E-state index is -0.336. The van der Waals surface area contributed by atoms with Crippen molar-refractivity contribution >= 4 is 5.78 Å². The largest absolute Gasteiger partial charge is 0.498 e. The van der Waals surface area contributed by atoms with E-state index in [1.54, 1.807) is 6.92 Å². The van der Waals surface area contributed by atoms with E-state index in [0.717, 1.165) is 18.0 Å². The lowest BCUT2D eigenvalue weighted by Crippen LogP contribution is -2.30. The lowest BCUT2D eigenvalue weighted by molar-refractivity contribution is -0.119. The van der Waals surface area contributed by atoms with Crippen molar-refractivity contribution in [1.82, 2.24) is 5.32 Å². The number of carbonyl (C=O) groups is 1. The highest BCUT2D eigenvalue weighted by Crippen LogP contribution is 2.30. The van der Waals surface area contributed by atoms with Crippen molar-refractivity contribution < 1.29 is 13.9 Å². The van der Waals surface area contributed by atoms with Gasteiger partial charge in [-0.05, 0) is 44.7 Å². The fourth-order valence-electron chi connectivity index (χ4n) is 2.46. The predicted octanol–water partition coefficient (Wildman–Crippen LogP) is 2.74. The number of carbonyl (C=O) groups excluding carboxylic acids is 1. The Bertz CT molecular complexity index is 410. The van der Waals surface area contributed by atoms with Gasteiger partial charge in [0.15, 0.2) is 5.83 Å². The number of hydrogen-bond acceptors (Lipinski definition) is 3. The Morgan fingerprint density at radius 2 is 2.26 bits per heavy atom. The zero-order chi connectivity index (χ0) is 13.8. The molecular formula is C15H22FNO2. The van der Waals surface area contributed by atoms with Crippen LogP contribution in [0.2, 0.25) is 0 Å². The number of Topliss-reactive ketones (excluding diaryl/α,β-unsaturated/α-hetero) is 1. The van der Waals surface area contributed by atoms with Crippen molar-refractivity contribution in [3.63, 3.8) is 0 Å². The van der Waals surface area contributed by atoms with Gasteiger partial charge in [0.05, 0.1) is 13.0 Å². The van der Waals surface area contributed by atoms with E-state index in [4.69, 9.17) is 4.74 Å². The van der Waals surface area contributed by atoms with Crippen LogP contribution in [0.5, 0.6) is 0 Å². The highest BCUT2D eigenvalue weighted by molar-refractivity contribution is 5.81. The third-order valence-corrected chi connectivity index (χ3v) is 3.88. The lowest BCUT2D eigenvalue weighted by atomic mass is 9.88. The Morgan fingerprint density at radius 3 is 2.79 bits per heavy atom. The average Bonchev–Trinajstić information content (AvgIpc) is 3.18. The maximum Gasteiger partial charge on any atom is 0.160 e. The first kappa shape index (κ1) is 14.3. The summed E-state index contributed by atoms with van der Waals surface area (Å²) in [4.78, 5) is 11.7. The van der Waals surface area contributed by atoms with Crippen molar-refractivity contribution in [2.75, 3.05) is 20.2 Å². The van der Waals surface area contributed by atoms with Crippen LogP contribution >= 0.6 is 0 Å². The zero-order valence-corrected chi connectivity index (χ0v) is 11.7. The van der Waals surface area contributed by atoms with E-state index >= 15 is 0 Å². The van der Waals surface area contributed by atoms with Crippen LogP contribution < -0.4 is 5.32 Å². The number of ketones is 1. The second-order valence-corrected chi connectivity index (χ2v) is 5.46. The number of methoxy groups -OCH3 is 1. The topological polar surface area (TPSA) is 38.3 Å². The summed E-state index contributed by atoms with van der Waals surface area (Å²) >= 11 is 0. The number of hydrogen-bond donors (Lipinski definition) is 1. The lowest BCUT2D eigenvalue weighted by Gasteiger charge is -2.22. The van der Waals surface area contributed by atoms with Crippen LogP contribution in [0.3, 0.4) is 0 Å². The third-order valence-electron chi connectivity index (χ3n) is 3.88. The molecule has 4 heteroatoms. The zero-order valence-electron chi connectivity index (χ0n) is 11.7. The summed E-state index contributed by atoms with van der Waals surface area (Å²) in [6, 6.07) is 0. The second-order valence-electron chi connectivity index (χ2n) is 5.46. The Morgan fingerprint density at radius 1 is 1.53 bits per heavy atom. The standard InChI is InChI=1S/C15H22FNO2/c1-10(18)13(9-17-8-11-3-4-11)12-5-6-15(19-2)14(16)7-12/h7,11,13,17H,3-6,8-9H2,1-2H3/t13-/m0/s1. The molecule has 0 amide bonds. The summed E-state index contributed by atoms with van der Waals surface area (Å²) < 4.78 is 18.7. The van der Waals surface area contributed by atoms with Gasteiger partial charge in [-0.15, -0.1) is 0 Å². The smallest absolute Gasteiger partial charge is 0.160 e. The summed E-state index contributed by atoms with van der Waals surface area (Å²) in [5.74, 6) is 0.727. The summed E-state index contributed by atoms with van der Waals surface area (Å²) in [6.07, 6.45) is 5.30.